The number of aromatic nitrogens is 2. The van der Waals surface area contributed by atoms with Crippen LogP contribution in [0.4, 0.5) is 5.69 Å². The summed E-state index contributed by atoms with van der Waals surface area (Å²) in [6.45, 7) is 4.27. The zero-order chi connectivity index (χ0) is 21.9. The Morgan fingerprint density at radius 2 is 1.77 bits per heavy atom. The number of nitrogens with one attached hydrogen (secondary N) is 2. The minimum atomic E-state index is -3.96. The quantitative estimate of drug-likeness (QED) is 0.553. The van der Waals surface area contributed by atoms with Gasteiger partial charge in [-0.1, -0.05) is 17.3 Å². The van der Waals surface area contributed by atoms with E-state index in [0.717, 1.165) is 0 Å². The van der Waals surface area contributed by atoms with Crippen molar-refractivity contribution in [1.82, 2.24) is 14.9 Å². The first-order valence-electron chi connectivity index (χ1n) is 8.97. The van der Waals surface area contributed by atoms with E-state index < -0.39 is 22.5 Å². The highest BCUT2D eigenvalue weighted by Crippen LogP contribution is 2.23. The second-order valence-electron chi connectivity index (χ2n) is 6.62. The minimum absolute atomic E-state index is 0.0149. The minimum Gasteiger partial charge on any atom is -0.339 e. The van der Waals surface area contributed by atoms with Crippen molar-refractivity contribution in [2.24, 2.45) is 0 Å². The van der Waals surface area contributed by atoms with E-state index in [1.807, 2.05) is 0 Å². The topological polar surface area (TPSA) is 131 Å². The highest BCUT2D eigenvalue weighted by Gasteiger charge is 2.20. The molecule has 0 atom stereocenters. The lowest BCUT2D eigenvalue weighted by Crippen LogP contribution is -2.33. The normalized spacial score (nSPS) is 11.3. The first-order chi connectivity index (χ1) is 14.2. The molecule has 10 heteroatoms. The van der Waals surface area contributed by atoms with Gasteiger partial charge in [0.05, 0.1) is 11.4 Å². The maximum atomic E-state index is 12.7. The Morgan fingerprint density at radius 3 is 2.37 bits per heavy atom. The van der Waals surface area contributed by atoms with E-state index in [1.54, 1.807) is 50.2 Å². The molecule has 0 fully saturated rings. The van der Waals surface area contributed by atoms with Crippen LogP contribution >= 0.6 is 0 Å². The summed E-state index contributed by atoms with van der Waals surface area (Å²) in [7, 11) is -3.96. The van der Waals surface area contributed by atoms with Gasteiger partial charge in [-0.3, -0.25) is 9.59 Å². The van der Waals surface area contributed by atoms with Crippen LogP contribution in [0.1, 0.15) is 28.7 Å². The smallest absolute Gasteiger partial charge is 0.241 e. The van der Waals surface area contributed by atoms with Crippen molar-refractivity contribution in [2.45, 2.75) is 25.7 Å². The van der Waals surface area contributed by atoms with E-state index in [2.05, 4.69) is 20.2 Å². The van der Waals surface area contributed by atoms with Gasteiger partial charge in [0.15, 0.2) is 5.78 Å². The SMILES string of the molecule is CC(=O)c1ccc(NC(=O)CNS(=O)(=O)c2cc(-c3noc(C)n3)ccc2C)cc1. The van der Waals surface area contributed by atoms with Crippen LogP contribution in [0.2, 0.25) is 0 Å². The molecule has 30 heavy (non-hydrogen) atoms. The molecular formula is C20H20N4O5S. The number of hydrogen-bond acceptors (Lipinski definition) is 7. The fourth-order valence-corrected chi connectivity index (χ4v) is 3.93. The van der Waals surface area contributed by atoms with Gasteiger partial charge in [-0.25, -0.2) is 13.1 Å². The number of amides is 1. The van der Waals surface area contributed by atoms with E-state index in [9.17, 15) is 18.0 Å². The number of sulfonamides is 1. The molecule has 2 N–H and O–H groups in total. The second kappa shape index (κ2) is 8.56. The van der Waals surface area contributed by atoms with E-state index in [0.29, 0.717) is 28.3 Å². The summed E-state index contributed by atoms with van der Waals surface area (Å²) in [5.74, 6) is 0.00258. The summed E-state index contributed by atoms with van der Waals surface area (Å²) in [6, 6.07) is 11.1. The molecule has 2 aromatic carbocycles. The molecule has 3 rings (SSSR count). The number of carbonyl (C=O) groups excluding carboxylic acids is 2. The fourth-order valence-electron chi connectivity index (χ4n) is 2.68. The summed E-state index contributed by atoms with van der Waals surface area (Å²) in [5, 5.41) is 6.37. The standard InChI is InChI=1S/C20H20N4O5S/c1-12-4-5-16(20-22-14(3)29-24-20)10-18(12)30(27,28)21-11-19(26)23-17-8-6-15(7-9-17)13(2)25/h4-10,21H,11H2,1-3H3,(H,23,26). The predicted molar refractivity (Wildman–Crippen MR) is 109 cm³/mol. The molecule has 156 valence electrons. The molecule has 0 spiro atoms. The summed E-state index contributed by atoms with van der Waals surface area (Å²) in [6.07, 6.45) is 0. The maximum absolute atomic E-state index is 12.7. The highest BCUT2D eigenvalue weighted by molar-refractivity contribution is 7.89. The van der Waals surface area contributed by atoms with Crippen LogP contribution in [0.5, 0.6) is 0 Å². The first kappa shape index (κ1) is 21.3. The third-order valence-corrected chi connectivity index (χ3v) is 5.80. The third kappa shape index (κ3) is 4.97. The van der Waals surface area contributed by atoms with Crippen molar-refractivity contribution in [1.29, 1.82) is 0 Å². The highest BCUT2D eigenvalue weighted by atomic mass is 32.2. The number of rotatable bonds is 7. The van der Waals surface area contributed by atoms with Crippen LogP contribution < -0.4 is 10.0 Å². The number of benzene rings is 2. The van der Waals surface area contributed by atoms with Crippen molar-refractivity contribution < 1.29 is 22.5 Å². The van der Waals surface area contributed by atoms with Crippen LogP contribution in [-0.2, 0) is 14.8 Å². The van der Waals surface area contributed by atoms with Gasteiger partial charge in [0.25, 0.3) is 0 Å². The van der Waals surface area contributed by atoms with Gasteiger partial charge < -0.3 is 9.84 Å². The van der Waals surface area contributed by atoms with Gasteiger partial charge in [-0.2, -0.15) is 4.98 Å². The molecule has 1 heterocycles. The number of nitrogens with zero attached hydrogens (tertiary/aromatic N) is 2. The van der Waals surface area contributed by atoms with Crippen molar-refractivity contribution in [2.75, 3.05) is 11.9 Å². The second-order valence-corrected chi connectivity index (χ2v) is 8.36. The van der Waals surface area contributed by atoms with Gasteiger partial charge >= 0.3 is 0 Å². The van der Waals surface area contributed by atoms with Crippen molar-refractivity contribution in [3.8, 4) is 11.4 Å². The molecular weight excluding hydrogens is 408 g/mol. The zero-order valence-electron chi connectivity index (χ0n) is 16.6. The lowest BCUT2D eigenvalue weighted by Gasteiger charge is -2.11. The van der Waals surface area contributed by atoms with Gasteiger partial charge in [0.2, 0.25) is 27.6 Å². The summed E-state index contributed by atoms with van der Waals surface area (Å²) in [4.78, 5) is 27.5. The number of aryl methyl sites for hydroxylation is 2. The maximum Gasteiger partial charge on any atom is 0.241 e. The molecule has 0 aliphatic carbocycles. The summed E-state index contributed by atoms with van der Waals surface area (Å²) < 4.78 is 32.7. The number of carbonyl (C=O) groups is 2. The van der Waals surface area contributed by atoms with Crippen LogP contribution in [0.3, 0.4) is 0 Å². The van der Waals surface area contributed by atoms with Crippen molar-refractivity contribution in [3.63, 3.8) is 0 Å². The average molecular weight is 428 g/mol. The monoisotopic (exact) mass is 428 g/mol. The average Bonchev–Trinajstić information content (AvgIpc) is 3.13. The number of ketones is 1. The Labute approximate surface area is 173 Å². The lowest BCUT2D eigenvalue weighted by atomic mass is 10.1. The molecule has 0 saturated heterocycles. The molecule has 0 saturated carbocycles. The van der Waals surface area contributed by atoms with Crippen LogP contribution in [0, 0.1) is 13.8 Å². The van der Waals surface area contributed by atoms with Gasteiger partial charge in [-0.05, 0) is 49.7 Å². The molecule has 3 aromatic rings. The van der Waals surface area contributed by atoms with Crippen LogP contribution in [-0.4, -0.2) is 36.8 Å². The van der Waals surface area contributed by atoms with Crippen molar-refractivity contribution >= 4 is 27.4 Å². The Kier molecular flexibility index (Phi) is 6.09. The molecule has 0 radical (unpaired) electrons. The Bertz CT molecular complexity index is 1200. The Hall–Kier alpha value is -3.37. The zero-order valence-corrected chi connectivity index (χ0v) is 17.4. The third-order valence-electron chi connectivity index (χ3n) is 4.26. The Balaban J connectivity index is 1.70. The molecule has 0 bridgehead atoms. The van der Waals surface area contributed by atoms with Gasteiger partial charge in [-0.15, -0.1) is 0 Å². The van der Waals surface area contributed by atoms with E-state index >= 15 is 0 Å². The molecule has 0 aliphatic rings. The molecule has 1 aromatic heterocycles. The van der Waals surface area contributed by atoms with Crippen LogP contribution in [0.15, 0.2) is 51.9 Å². The fraction of sp³-hybridized carbons (Fsp3) is 0.200. The molecule has 1 amide bonds. The summed E-state index contributed by atoms with van der Waals surface area (Å²) >= 11 is 0. The molecule has 9 nitrogen and oxygen atoms in total. The van der Waals surface area contributed by atoms with Gasteiger partial charge in [0.1, 0.15) is 0 Å². The van der Waals surface area contributed by atoms with E-state index in [4.69, 9.17) is 4.52 Å². The van der Waals surface area contributed by atoms with E-state index in [-0.39, 0.29) is 16.5 Å². The Morgan fingerprint density at radius 1 is 1.07 bits per heavy atom. The predicted octanol–water partition coefficient (Wildman–Crippen LogP) is 2.47. The number of hydrogen-bond donors (Lipinski definition) is 2. The number of Topliss-reactive ketones (excluding diaryl/α,β-unsaturated/α-hetero) is 1. The van der Waals surface area contributed by atoms with Crippen molar-refractivity contribution in [3.05, 3.63) is 59.5 Å². The van der Waals surface area contributed by atoms with E-state index in [1.165, 1.54) is 13.0 Å². The number of anilines is 1. The molecule has 0 aliphatic heterocycles. The largest absolute Gasteiger partial charge is 0.339 e. The molecule has 0 unspecified atom stereocenters. The first-order valence-corrected chi connectivity index (χ1v) is 10.5. The van der Waals surface area contributed by atoms with Crippen LogP contribution in [0.25, 0.3) is 11.4 Å². The van der Waals surface area contributed by atoms with Gasteiger partial charge in [0, 0.05) is 23.7 Å². The summed E-state index contributed by atoms with van der Waals surface area (Å²) in [5.41, 5.74) is 1.95. The lowest BCUT2D eigenvalue weighted by molar-refractivity contribution is -0.115.